The molecule has 1 atom stereocenters. The van der Waals surface area contributed by atoms with Gasteiger partial charge in [0.25, 0.3) is 0 Å². The van der Waals surface area contributed by atoms with Gasteiger partial charge in [0.05, 0.1) is 17.4 Å². The van der Waals surface area contributed by atoms with Crippen LogP contribution in [-0.2, 0) is 11.2 Å². The molecule has 1 aromatic heterocycles. The van der Waals surface area contributed by atoms with Gasteiger partial charge in [-0.05, 0) is 50.5 Å². The molecule has 4 nitrogen and oxygen atoms in total. The second-order valence-electron chi connectivity index (χ2n) is 6.54. The number of carbonyl (C=O) groups is 1. The summed E-state index contributed by atoms with van der Waals surface area (Å²) in [7, 11) is 0. The van der Waals surface area contributed by atoms with E-state index in [0.29, 0.717) is 0 Å². The summed E-state index contributed by atoms with van der Waals surface area (Å²) in [4.78, 5) is 19.5. The number of aryl methyl sites for hydroxylation is 2. The Morgan fingerprint density at radius 2 is 2.04 bits per heavy atom. The van der Waals surface area contributed by atoms with Crippen LogP contribution >= 0.6 is 0 Å². The van der Waals surface area contributed by atoms with Gasteiger partial charge < -0.3 is 9.47 Å². The molecule has 2 aromatic carbocycles. The van der Waals surface area contributed by atoms with Crippen molar-refractivity contribution in [1.29, 1.82) is 0 Å². The van der Waals surface area contributed by atoms with E-state index in [-0.39, 0.29) is 11.9 Å². The highest BCUT2D eigenvalue weighted by atomic mass is 16.2. The summed E-state index contributed by atoms with van der Waals surface area (Å²) in [5.41, 5.74) is 5.51. The highest BCUT2D eigenvalue weighted by Gasteiger charge is 2.27. The minimum Gasteiger partial charge on any atom is -0.318 e. The molecule has 0 bridgehead atoms. The van der Waals surface area contributed by atoms with Crippen molar-refractivity contribution in [3.05, 3.63) is 59.9 Å². The zero-order valence-electron chi connectivity index (χ0n) is 14.1. The van der Waals surface area contributed by atoms with E-state index in [1.54, 1.807) is 6.33 Å². The van der Waals surface area contributed by atoms with Crippen LogP contribution in [0.4, 0.5) is 5.69 Å². The van der Waals surface area contributed by atoms with E-state index < -0.39 is 0 Å². The van der Waals surface area contributed by atoms with Crippen LogP contribution in [0.3, 0.4) is 0 Å². The Bertz CT molecular complexity index is 912. The summed E-state index contributed by atoms with van der Waals surface area (Å²) in [5.74, 6) is 0.128. The van der Waals surface area contributed by atoms with E-state index in [4.69, 9.17) is 0 Å². The molecular formula is C20H21N3O. The van der Waals surface area contributed by atoms with Crippen LogP contribution in [0.5, 0.6) is 0 Å². The largest absolute Gasteiger partial charge is 0.318 e. The van der Waals surface area contributed by atoms with E-state index in [1.807, 2.05) is 40.7 Å². The first kappa shape index (κ1) is 14.9. The SMILES string of the molecule is Cc1ccc2c(c1)CCCN2C(=O)[C@H](C)n1cnc2ccccc21. The van der Waals surface area contributed by atoms with Crippen molar-refractivity contribution in [3.63, 3.8) is 0 Å². The summed E-state index contributed by atoms with van der Waals surface area (Å²) >= 11 is 0. The number of rotatable bonds is 2. The van der Waals surface area contributed by atoms with Gasteiger partial charge in [0.1, 0.15) is 6.04 Å². The van der Waals surface area contributed by atoms with E-state index in [9.17, 15) is 4.79 Å². The van der Waals surface area contributed by atoms with Gasteiger partial charge in [0.2, 0.25) is 5.91 Å². The van der Waals surface area contributed by atoms with Crippen molar-refractivity contribution in [2.24, 2.45) is 0 Å². The number of carbonyl (C=O) groups excluding carboxylic acids is 1. The lowest BCUT2D eigenvalue weighted by Gasteiger charge is -2.32. The second kappa shape index (κ2) is 5.78. The molecule has 4 heteroatoms. The highest BCUT2D eigenvalue weighted by Crippen LogP contribution is 2.30. The zero-order valence-corrected chi connectivity index (χ0v) is 14.1. The van der Waals surface area contributed by atoms with E-state index >= 15 is 0 Å². The molecule has 3 aromatic rings. The monoisotopic (exact) mass is 319 g/mol. The van der Waals surface area contributed by atoms with Gasteiger partial charge in [-0.3, -0.25) is 4.79 Å². The normalized spacial score (nSPS) is 15.3. The summed E-state index contributed by atoms with van der Waals surface area (Å²) in [6, 6.07) is 14.0. The zero-order chi connectivity index (χ0) is 16.7. The number of hydrogen-bond donors (Lipinski definition) is 0. The first-order chi connectivity index (χ1) is 11.6. The standard InChI is InChI=1S/C20H21N3O/c1-14-9-10-18-16(12-14)6-5-11-22(18)20(24)15(2)23-13-21-17-7-3-4-8-19(17)23/h3-4,7-10,12-13,15H,5-6,11H2,1-2H3/t15-/m0/s1. The number of aromatic nitrogens is 2. The number of fused-ring (bicyclic) bond motifs is 2. The van der Waals surface area contributed by atoms with E-state index in [1.165, 1.54) is 11.1 Å². The smallest absolute Gasteiger partial charge is 0.249 e. The minimum absolute atomic E-state index is 0.128. The number of anilines is 1. The van der Waals surface area contributed by atoms with Gasteiger partial charge in [-0.2, -0.15) is 0 Å². The molecule has 0 N–H and O–H groups in total. The number of amides is 1. The Morgan fingerprint density at radius 1 is 1.21 bits per heavy atom. The van der Waals surface area contributed by atoms with Gasteiger partial charge in [-0.1, -0.05) is 29.8 Å². The number of hydrogen-bond acceptors (Lipinski definition) is 2. The first-order valence-electron chi connectivity index (χ1n) is 8.47. The molecule has 2 heterocycles. The molecule has 0 aliphatic carbocycles. The van der Waals surface area contributed by atoms with Crippen molar-refractivity contribution in [3.8, 4) is 0 Å². The topological polar surface area (TPSA) is 38.1 Å². The molecule has 1 amide bonds. The molecule has 122 valence electrons. The maximum absolute atomic E-state index is 13.2. The Labute approximate surface area is 141 Å². The third-order valence-electron chi connectivity index (χ3n) is 4.88. The van der Waals surface area contributed by atoms with Crippen LogP contribution in [0.2, 0.25) is 0 Å². The van der Waals surface area contributed by atoms with E-state index in [2.05, 4.69) is 30.1 Å². The maximum atomic E-state index is 13.2. The van der Waals surface area contributed by atoms with Crippen molar-refractivity contribution in [2.75, 3.05) is 11.4 Å². The van der Waals surface area contributed by atoms with Crippen LogP contribution in [0.15, 0.2) is 48.8 Å². The summed E-state index contributed by atoms with van der Waals surface area (Å²) < 4.78 is 1.97. The maximum Gasteiger partial charge on any atom is 0.249 e. The van der Waals surface area contributed by atoms with Crippen molar-refractivity contribution >= 4 is 22.6 Å². The number of imidazole rings is 1. The summed E-state index contributed by atoms with van der Waals surface area (Å²) in [6.07, 6.45) is 3.83. The van der Waals surface area contributed by atoms with Crippen molar-refractivity contribution in [2.45, 2.75) is 32.7 Å². The van der Waals surface area contributed by atoms with Crippen molar-refractivity contribution < 1.29 is 4.79 Å². The van der Waals surface area contributed by atoms with Crippen LogP contribution in [0, 0.1) is 6.92 Å². The number of nitrogens with zero attached hydrogens (tertiary/aromatic N) is 3. The lowest BCUT2D eigenvalue weighted by molar-refractivity contribution is -0.121. The number of para-hydroxylation sites is 2. The van der Waals surface area contributed by atoms with Gasteiger partial charge in [-0.25, -0.2) is 4.98 Å². The fourth-order valence-corrected chi connectivity index (χ4v) is 3.59. The average Bonchev–Trinajstić information content (AvgIpc) is 3.03. The molecular weight excluding hydrogens is 298 g/mol. The summed E-state index contributed by atoms with van der Waals surface area (Å²) in [6.45, 7) is 4.84. The quantitative estimate of drug-likeness (QED) is 0.719. The first-order valence-corrected chi connectivity index (χ1v) is 8.47. The predicted octanol–water partition coefficient (Wildman–Crippen LogP) is 3.89. The lowest BCUT2D eigenvalue weighted by atomic mass is 9.99. The van der Waals surface area contributed by atoms with Crippen LogP contribution in [-0.4, -0.2) is 22.0 Å². The third-order valence-corrected chi connectivity index (χ3v) is 4.88. The molecule has 0 saturated carbocycles. The molecule has 0 unspecified atom stereocenters. The van der Waals surface area contributed by atoms with Crippen LogP contribution < -0.4 is 4.90 Å². The third kappa shape index (κ3) is 2.39. The molecule has 0 spiro atoms. The Kier molecular flexibility index (Phi) is 3.60. The fourth-order valence-electron chi connectivity index (χ4n) is 3.59. The molecule has 4 rings (SSSR count). The fraction of sp³-hybridized carbons (Fsp3) is 0.300. The van der Waals surface area contributed by atoms with Crippen molar-refractivity contribution in [1.82, 2.24) is 9.55 Å². The van der Waals surface area contributed by atoms with Gasteiger partial charge in [-0.15, -0.1) is 0 Å². The molecule has 0 fully saturated rings. The molecule has 24 heavy (non-hydrogen) atoms. The Balaban J connectivity index is 1.69. The van der Waals surface area contributed by atoms with E-state index in [0.717, 1.165) is 36.1 Å². The Morgan fingerprint density at radius 3 is 2.92 bits per heavy atom. The van der Waals surface area contributed by atoms with Gasteiger partial charge in [0.15, 0.2) is 0 Å². The minimum atomic E-state index is -0.273. The second-order valence-corrected chi connectivity index (χ2v) is 6.54. The average molecular weight is 319 g/mol. The van der Waals surface area contributed by atoms with Crippen LogP contribution in [0.25, 0.3) is 11.0 Å². The lowest BCUT2D eigenvalue weighted by Crippen LogP contribution is -2.39. The van der Waals surface area contributed by atoms with Gasteiger partial charge >= 0.3 is 0 Å². The molecule has 0 radical (unpaired) electrons. The number of benzene rings is 2. The highest BCUT2D eigenvalue weighted by molar-refractivity contribution is 5.97. The summed E-state index contributed by atoms with van der Waals surface area (Å²) in [5, 5.41) is 0. The molecule has 0 saturated heterocycles. The predicted molar refractivity (Wildman–Crippen MR) is 96.3 cm³/mol. The Hall–Kier alpha value is -2.62. The molecule has 1 aliphatic rings. The van der Waals surface area contributed by atoms with Crippen LogP contribution in [0.1, 0.15) is 30.5 Å². The molecule has 1 aliphatic heterocycles. The van der Waals surface area contributed by atoms with Gasteiger partial charge in [0, 0.05) is 12.2 Å².